The number of aliphatic hydroxyl groups is 1. The highest BCUT2D eigenvalue weighted by Crippen LogP contribution is 2.32. The summed E-state index contributed by atoms with van der Waals surface area (Å²) in [6.07, 6.45) is 4.40. The second-order valence-corrected chi connectivity index (χ2v) is 7.45. The molecule has 1 heterocycles. The standard InChI is InChI=1S/C23H32N2O/c1-19-9-5-6-12-23(19)24-18-22-17-21(20-10-3-2-4-11-20)13-15-25(22)14-7-8-16-26/h2-6,9-12,21-22,24,26H,7-8,13-18H2,1H3. The molecule has 1 fully saturated rings. The summed E-state index contributed by atoms with van der Waals surface area (Å²) in [5.74, 6) is 0.647. The Balaban J connectivity index is 1.65. The van der Waals surface area contributed by atoms with Gasteiger partial charge in [-0.25, -0.2) is 0 Å². The van der Waals surface area contributed by atoms with Gasteiger partial charge in [-0.05, 0) is 68.8 Å². The van der Waals surface area contributed by atoms with E-state index in [-0.39, 0.29) is 0 Å². The summed E-state index contributed by atoms with van der Waals surface area (Å²) in [6.45, 7) is 5.67. The average Bonchev–Trinajstić information content (AvgIpc) is 2.69. The van der Waals surface area contributed by atoms with E-state index in [2.05, 4.69) is 71.7 Å². The quantitative estimate of drug-likeness (QED) is 0.690. The van der Waals surface area contributed by atoms with Gasteiger partial charge in [0, 0.05) is 24.9 Å². The lowest BCUT2D eigenvalue weighted by molar-refractivity contribution is 0.136. The van der Waals surface area contributed by atoms with Gasteiger partial charge in [-0.2, -0.15) is 0 Å². The molecule has 0 aliphatic carbocycles. The van der Waals surface area contributed by atoms with Crippen LogP contribution in [-0.2, 0) is 0 Å². The predicted octanol–water partition coefficient (Wildman–Crippen LogP) is 4.43. The van der Waals surface area contributed by atoms with Crippen LogP contribution in [0.25, 0.3) is 0 Å². The Labute approximate surface area is 158 Å². The maximum absolute atomic E-state index is 9.10. The fourth-order valence-electron chi connectivity index (χ4n) is 4.06. The number of hydrogen-bond acceptors (Lipinski definition) is 3. The minimum absolute atomic E-state index is 0.298. The molecule has 2 N–H and O–H groups in total. The van der Waals surface area contributed by atoms with Gasteiger partial charge in [0.1, 0.15) is 0 Å². The molecule has 140 valence electrons. The van der Waals surface area contributed by atoms with Gasteiger partial charge in [-0.1, -0.05) is 48.5 Å². The van der Waals surface area contributed by atoms with E-state index in [4.69, 9.17) is 5.11 Å². The Morgan fingerprint density at radius 2 is 1.81 bits per heavy atom. The number of rotatable bonds is 8. The van der Waals surface area contributed by atoms with Crippen LogP contribution in [0.5, 0.6) is 0 Å². The minimum Gasteiger partial charge on any atom is -0.396 e. The first-order valence-electron chi connectivity index (χ1n) is 9.97. The molecule has 0 radical (unpaired) electrons. The van der Waals surface area contributed by atoms with Crippen molar-refractivity contribution < 1.29 is 5.11 Å². The number of anilines is 1. The Morgan fingerprint density at radius 3 is 2.58 bits per heavy atom. The highest BCUT2D eigenvalue weighted by molar-refractivity contribution is 5.50. The molecule has 2 aromatic carbocycles. The molecular weight excluding hydrogens is 320 g/mol. The van der Waals surface area contributed by atoms with Gasteiger partial charge < -0.3 is 10.4 Å². The molecule has 1 aliphatic heterocycles. The lowest BCUT2D eigenvalue weighted by Crippen LogP contribution is -2.46. The number of unbranched alkanes of at least 4 members (excludes halogenated alkanes) is 1. The first kappa shape index (κ1) is 18.9. The summed E-state index contributed by atoms with van der Waals surface area (Å²) in [5.41, 5.74) is 4.02. The zero-order chi connectivity index (χ0) is 18.2. The van der Waals surface area contributed by atoms with E-state index >= 15 is 0 Å². The highest BCUT2D eigenvalue weighted by atomic mass is 16.2. The van der Waals surface area contributed by atoms with Gasteiger partial charge in [0.2, 0.25) is 0 Å². The van der Waals surface area contributed by atoms with Crippen LogP contribution >= 0.6 is 0 Å². The summed E-state index contributed by atoms with van der Waals surface area (Å²) in [5, 5.41) is 12.8. The summed E-state index contributed by atoms with van der Waals surface area (Å²) in [4.78, 5) is 2.63. The number of aryl methyl sites for hydroxylation is 1. The zero-order valence-corrected chi connectivity index (χ0v) is 15.9. The van der Waals surface area contributed by atoms with Gasteiger partial charge in [-0.3, -0.25) is 4.90 Å². The summed E-state index contributed by atoms with van der Waals surface area (Å²) >= 11 is 0. The molecule has 0 aromatic heterocycles. The topological polar surface area (TPSA) is 35.5 Å². The number of hydrogen-bond donors (Lipinski definition) is 2. The van der Waals surface area contributed by atoms with Gasteiger partial charge in [0.15, 0.2) is 0 Å². The third-order valence-electron chi connectivity index (χ3n) is 5.64. The molecule has 1 saturated heterocycles. The molecule has 2 aromatic rings. The third-order valence-corrected chi connectivity index (χ3v) is 5.64. The summed E-state index contributed by atoms with van der Waals surface area (Å²) in [6, 6.07) is 20.0. The van der Waals surface area contributed by atoms with Crippen LogP contribution in [0.1, 0.15) is 42.7 Å². The molecule has 0 bridgehead atoms. The van der Waals surface area contributed by atoms with Crippen molar-refractivity contribution in [3.63, 3.8) is 0 Å². The Bertz CT molecular complexity index is 658. The van der Waals surface area contributed by atoms with Gasteiger partial charge in [0.05, 0.1) is 0 Å². The molecular formula is C23H32N2O. The molecule has 3 heteroatoms. The van der Waals surface area contributed by atoms with Crippen molar-refractivity contribution in [2.24, 2.45) is 0 Å². The van der Waals surface area contributed by atoms with E-state index in [0.29, 0.717) is 18.6 Å². The normalized spacial score (nSPS) is 20.8. The van der Waals surface area contributed by atoms with Crippen LogP contribution in [-0.4, -0.2) is 42.3 Å². The fourth-order valence-corrected chi connectivity index (χ4v) is 4.06. The molecule has 2 atom stereocenters. The number of nitrogens with zero attached hydrogens (tertiary/aromatic N) is 1. The minimum atomic E-state index is 0.298. The molecule has 26 heavy (non-hydrogen) atoms. The van der Waals surface area contributed by atoms with Crippen molar-refractivity contribution in [2.45, 2.75) is 44.6 Å². The number of benzene rings is 2. The second kappa shape index (κ2) is 9.75. The van der Waals surface area contributed by atoms with E-state index in [1.54, 1.807) is 0 Å². The van der Waals surface area contributed by atoms with E-state index in [1.807, 2.05) is 0 Å². The maximum Gasteiger partial charge on any atom is 0.0431 e. The number of likely N-dealkylation sites (tertiary alicyclic amines) is 1. The van der Waals surface area contributed by atoms with Crippen LogP contribution in [0.4, 0.5) is 5.69 Å². The van der Waals surface area contributed by atoms with Crippen LogP contribution in [0.3, 0.4) is 0 Å². The third kappa shape index (κ3) is 5.09. The molecule has 2 unspecified atom stereocenters. The predicted molar refractivity (Wildman–Crippen MR) is 110 cm³/mol. The Hall–Kier alpha value is -1.84. The number of nitrogens with one attached hydrogen (secondary N) is 1. The average molecular weight is 353 g/mol. The Morgan fingerprint density at radius 1 is 1.04 bits per heavy atom. The largest absolute Gasteiger partial charge is 0.396 e. The lowest BCUT2D eigenvalue weighted by Gasteiger charge is -2.40. The first-order valence-corrected chi connectivity index (χ1v) is 9.97. The molecule has 0 spiro atoms. The first-order chi connectivity index (χ1) is 12.8. The van der Waals surface area contributed by atoms with E-state index in [0.717, 1.165) is 32.5 Å². The van der Waals surface area contributed by atoms with E-state index in [9.17, 15) is 0 Å². The molecule has 3 nitrogen and oxygen atoms in total. The number of aliphatic hydroxyl groups excluding tert-OH is 1. The van der Waals surface area contributed by atoms with Crippen molar-refractivity contribution >= 4 is 5.69 Å². The summed E-state index contributed by atoms with van der Waals surface area (Å²) in [7, 11) is 0. The van der Waals surface area contributed by atoms with Gasteiger partial charge >= 0.3 is 0 Å². The van der Waals surface area contributed by atoms with Crippen LogP contribution in [0, 0.1) is 6.92 Å². The maximum atomic E-state index is 9.10. The second-order valence-electron chi connectivity index (χ2n) is 7.45. The lowest BCUT2D eigenvalue weighted by atomic mass is 9.85. The van der Waals surface area contributed by atoms with Crippen molar-refractivity contribution in [3.05, 3.63) is 65.7 Å². The van der Waals surface area contributed by atoms with Crippen LogP contribution < -0.4 is 5.32 Å². The fraction of sp³-hybridized carbons (Fsp3) is 0.478. The molecule has 1 aliphatic rings. The van der Waals surface area contributed by atoms with Crippen LogP contribution in [0.15, 0.2) is 54.6 Å². The Kier molecular flexibility index (Phi) is 7.10. The smallest absolute Gasteiger partial charge is 0.0431 e. The van der Waals surface area contributed by atoms with Crippen molar-refractivity contribution in [3.8, 4) is 0 Å². The van der Waals surface area contributed by atoms with E-state index in [1.165, 1.54) is 29.7 Å². The van der Waals surface area contributed by atoms with Crippen molar-refractivity contribution in [2.75, 3.05) is 31.6 Å². The molecule has 0 saturated carbocycles. The summed E-state index contributed by atoms with van der Waals surface area (Å²) < 4.78 is 0. The number of piperidine rings is 1. The SMILES string of the molecule is Cc1ccccc1NCC1CC(c2ccccc2)CCN1CCCCO. The van der Waals surface area contributed by atoms with Gasteiger partial charge in [0.25, 0.3) is 0 Å². The molecule has 0 amide bonds. The van der Waals surface area contributed by atoms with E-state index < -0.39 is 0 Å². The number of para-hydroxylation sites is 1. The monoisotopic (exact) mass is 352 g/mol. The molecule has 3 rings (SSSR count). The van der Waals surface area contributed by atoms with Crippen molar-refractivity contribution in [1.82, 2.24) is 4.90 Å². The van der Waals surface area contributed by atoms with Crippen molar-refractivity contribution in [1.29, 1.82) is 0 Å². The highest BCUT2D eigenvalue weighted by Gasteiger charge is 2.28. The van der Waals surface area contributed by atoms with Gasteiger partial charge in [-0.15, -0.1) is 0 Å². The van der Waals surface area contributed by atoms with Crippen LogP contribution in [0.2, 0.25) is 0 Å². The zero-order valence-electron chi connectivity index (χ0n) is 15.9.